The van der Waals surface area contributed by atoms with Crippen LogP contribution in [0.3, 0.4) is 0 Å². The molecule has 0 radical (unpaired) electrons. The smallest absolute Gasteiger partial charge is 0.159 e. The number of amidine groups is 2. The van der Waals surface area contributed by atoms with E-state index in [0.717, 1.165) is 44.5 Å². The molecule has 0 saturated carbocycles. The predicted octanol–water partition coefficient (Wildman–Crippen LogP) is 11.5. The second-order valence-electron chi connectivity index (χ2n) is 13.0. The SMILES string of the molecule is c1ccc(C2=NC(c3ccccc3)NC(c3ccc4c(c3)oc3cc5c(cc34)sc3cc(-n4c6ccccc6c6ccccc64)ccc35)=N2)cc1. The van der Waals surface area contributed by atoms with E-state index >= 15 is 0 Å². The van der Waals surface area contributed by atoms with Gasteiger partial charge < -0.3 is 14.3 Å². The van der Waals surface area contributed by atoms with Gasteiger partial charge in [0.2, 0.25) is 0 Å². The fourth-order valence-electron chi connectivity index (χ4n) is 7.64. The molecule has 11 rings (SSSR count). The van der Waals surface area contributed by atoms with Gasteiger partial charge >= 0.3 is 0 Å². The Morgan fingerprint density at radius 3 is 1.98 bits per heavy atom. The number of nitrogens with one attached hydrogen (secondary N) is 1. The van der Waals surface area contributed by atoms with Gasteiger partial charge in [-0.2, -0.15) is 0 Å². The topological polar surface area (TPSA) is 54.8 Å². The molecule has 1 atom stereocenters. The van der Waals surface area contributed by atoms with Gasteiger partial charge in [0, 0.05) is 58.5 Å². The summed E-state index contributed by atoms with van der Waals surface area (Å²) in [5.74, 6) is 1.47. The third-order valence-electron chi connectivity index (χ3n) is 10.1. The standard InChI is InChI=1S/C45H28N4OS/c1-3-11-27(12-4-1)43-46-44(28-13-5-2-6-14-28)48-45(47-43)29-19-21-33-35-26-42-36(25-40(35)50-39(33)23-29)34-22-20-30(24-41(34)51-42)49-37-17-9-7-15-31(37)32-16-8-10-18-38(32)49/h1-26,43H,(H,46,47,48). The van der Waals surface area contributed by atoms with Crippen molar-refractivity contribution < 1.29 is 4.42 Å². The monoisotopic (exact) mass is 672 g/mol. The lowest BCUT2D eigenvalue weighted by molar-refractivity contribution is 0.667. The molecule has 1 N–H and O–H groups in total. The second kappa shape index (κ2) is 11.0. The van der Waals surface area contributed by atoms with Gasteiger partial charge in [0.1, 0.15) is 23.2 Å². The molecule has 51 heavy (non-hydrogen) atoms. The molecule has 4 heterocycles. The number of benzene rings is 7. The Bertz CT molecular complexity index is 3010. The molecule has 0 amide bonds. The van der Waals surface area contributed by atoms with Crippen LogP contribution in [-0.4, -0.2) is 16.2 Å². The van der Waals surface area contributed by atoms with Crippen LogP contribution in [0.1, 0.15) is 22.9 Å². The molecule has 0 spiro atoms. The van der Waals surface area contributed by atoms with E-state index in [1.165, 1.54) is 47.7 Å². The molecule has 1 aliphatic rings. The van der Waals surface area contributed by atoms with Crippen molar-refractivity contribution in [3.05, 3.63) is 174 Å². The average molecular weight is 673 g/mol. The van der Waals surface area contributed by atoms with Crippen LogP contribution in [0.25, 0.3) is 69.6 Å². The summed E-state index contributed by atoms with van der Waals surface area (Å²) >= 11 is 1.84. The Balaban J connectivity index is 1.01. The van der Waals surface area contributed by atoms with Crippen LogP contribution in [0.5, 0.6) is 0 Å². The fourth-order valence-corrected chi connectivity index (χ4v) is 8.80. The first-order valence-corrected chi connectivity index (χ1v) is 17.9. The molecule has 1 aliphatic heterocycles. The third kappa shape index (κ3) is 4.47. The molecule has 0 fully saturated rings. The molecule has 7 aromatic carbocycles. The van der Waals surface area contributed by atoms with Gasteiger partial charge in [0.25, 0.3) is 0 Å². The number of furan rings is 1. The normalized spacial score (nSPS) is 14.9. The largest absolute Gasteiger partial charge is 0.456 e. The molecule has 6 heteroatoms. The molecule has 3 aromatic heterocycles. The van der Waals surface area contributed by atoms with Crippen LogP contribution >= 0.6 is 11.3 Å². The number of rotatable bonds is 4. The van der Waals surface area contributed by atoms with Gasteiger partial charge in [0.05, 0.1) is 11.0 Å². The summed E-state index contributed by atoms with van der Waals surface area (Å²) in [6.07, 6.45) is -0.254. The second-order valence-corrected chi connectivity index (χ2v) is 14.1. The zero-order chi connectivity index (χ0) is 33.5. The molecule has 240 valence electrons. The average Bonchev–Trinajstić information content (AvgIpc) is 3.85. The Kier molecular flexibility index (Phi) is 6.12. The molecular formula is C45H28N4OS. The molecule has 0 aliphatic carbocycles. The minimum atomic E-state index is -0.254. The maximum Gasteiger partial charge on any atom is 0.159 e. The highest BCUT2D eigenvalue weighted by molar-refractivity contribution is 7.25. The fraction of sp³-hybridized carbons (Fsp3) is 0.0222. The maximum atomic E-state index is 6.60. The highest BCUT2D eigenvalue weighted by Gasteiger charge is 2.22. The van der Waals surface area contributed by atoms with E-state index in [1.807, 2.05) is 47.7 Å². The Morgan fingerprint density at radius 2 is 1.20 bits per heavy atom. The van der Waals surface area contributed by atoms with E-state index in [4.69, 9.17) is 14.4 Å². The van der Waals surface area contributed by atoms with Crippen LogP contribution in [-0.2, 0) is 0 Å². The number of hydrogen-bond donors (Lipinski definition) is 1. The van der Waals surface area contributed by atoms with E-state index in [2.05, 4.69) is 131 Å². The number of para-hydroxylation sites is 2. The Labute approximate surface area is 296 Å². The van der Waals surface area contributed by atoms with Crippen molar-refractivity contribution >= 4 is 86.9 Å². The minimum absolute atomic E-state index is 0.254. The highest BCUT2D eigenvalue weighted by atomic mass is 32.1. The van der Waals surface area contributed by atoms with Gasteiger partial charge in [0.15, 0.2) is 5.84 Å². The van der Waals surface area contributed by atoms with Crippen molar-refractivity contribution in [2.75, 3.05) is 0 Å². The zero-order valence-corrected chi connectivity index (χ0v) is 28.1. The quantitative estimate of drug-likeness (QED) is 0.202. The summed E-state index contributed by atoms with van der Waals surface area (Å²) in [5.41, 5.74) is 8.34. The van der Waals surface area contributed by atoms with Gasteiger partial charge in [-0.3, -0.25) is 0 Å². The van der Waals surface area contributed by atoms with Crippen molar-refractivity contribution in [1.82, 2.24) is 9.88 Å². The van der Waals surface area contributed by atoms with Crippen molar-refractivity contribution in [3.63, 3.8) is 0 Å². The van der Waals surface area contributed by atoms with Crippen molar-refractivity contribution in [2.24, 2.45) is 9.98 Å². The van der Waals surface area contributed by atoms with E-state index in [1.54, 1.807) is 0 Å². The van der Waals surface area contributed by atoms with E-state index in [9.17, 15) is 0 Å². The van der Waals surface area contributed by atoms with Crippen molar-refractivity contribution in [2.45, 2.75) is 6.17 Å². The number of aromatic nitrogens is 1. The summed E-state index contributed by atoms with van der Waals surface area (Å²) in [6.45, 7) is 0. The number of aliphatic imine (C=N–C) groups is 2. The van der Waals surface area contributed by atoms with Gasteiger partial charge in [-0.15, -0.1) is 11.3 Å². The van der Waals surface area contributed by atoms with Crippen LogP contribution in [0.2, 0.25) is 0 Å². The summed E-state index contributed by atoms with van der Waals surface area (Å²) in [4.78, 5) is 9.99. The van der Waals surface area contributed by atoms with Crippen LogP contribution in [0.4, 0.5) is 0 Å². The molecule has 5 nitrogen and oxygen atoms in total. The lowest BCUT2D eigenvalue weighted by atomic mass is 10.1. The number of thiophene rings is 1. The maximum absolute atomic E-state index is 6.60. The minimum Gasteiger partial charge on any atom is -0.456 e. The first-order chi connectivity index (χ1) is 25.2. The van der Waals surface area contributed by atoms with Gasteiger partial charge in [-0.05, 0) is 54.1 Å². The summed E-state index contributed by atoms with van der Waals surface area (Å²) in [6, 6.07) is 55.5. The zero-order valence-electron chi connectivity index (χ0n) is 27.2. The summed E-state index contributed by atoms with van der Waals surface area (Å²) in [5, 5.41) is 10.8. The first kappa shape index (κ1) is 28.3. The van der Waals surface area contributed by atoms with Gasteiger partial charge in [-0.25, -0.2) is 9.98 Å². The van der Waals surface area contributed by atoms with Crippen LogP contribution in [0.15, 0.2) is 172 Å². The van der Waals surface area contributed by atoms with Crippen LogP contribution < -0.4 is 5.32 Å². The van der Waals surface area contributed by atoms with E-state index < -0.39 is 0 Å². The van der Waals surface area contributed by atoms with Crippen LogP contribution in [0, 0.1) is 0 Å². The van der Waals surface area contributed by atoms with Crippen molar-refractivity contribution in [1.29, 1.82) is 0 Å². The molecule has 10 aromatic rings. The van der Waals surface area contributed by atoms with E-state index in [0.29, 0.717) is 5.84 Å². The number of hydrogen-bond acceptors (Lipinski definition) is 5. The third-order valence-corrected chi connectivity index (χ3v) is 11.2. The highest BCUT2D eigenvalue weighted by Crippen LogP contribution is 2.41. The first-order valence-electron chi connectivity index (χ1n) is 17.1. The lowest BCUT2D eigenvalue weighted by Crippen LogP contribution is -2.33. The number of fused-ring (bicyclic) bond motifs is 9. The molecule has 0 bridgehead atoms. The Hall–Kier alpha value is -6.50. The van der Waals surface area contributed by atoms with Crippen molar-refractivity contribution in [3.8, 4) is 5.69 Å². The Morgan fingerprint density at radius 1 is 0.529 bits per heavy atom. The summed E-state index contributed by atoms with van der Waals surface area (Å²) < 4.78 is 11.5. The molecular weight excluding hydrogens is 645 g/mol. The molecule has 0 saturated heterocycles. The molecule has 1 unspecified atom stereocenters. The van der Waals surface area contributed by atoms with E-state index in [-0.39, 0.29) is 6.17 Å². The predicted molar refractivity (Wildman–Crippen MR) is 213 cm³/mol. The summed E-state index contributed by atoms with van der Waals surface area (Å²) in [7, 11) is 0. The number of nitrogens with zero attached hydrogens (tertiary/aromatic N) is 3. The van der Waals surface area contributed by atoms with Gasteiger partial charge in [-0.1, -0.05) is 109 Å². The lowest BCUT2D eigenvalue weighted by Gasteiger charge is -2.23.